The number of nitrogens with zero attached hydrogens (tertiary/aromatic N) is 4. The van der Waals surface area contributed by atoms with Crippen LogP contribution in [0.4, 0.5) is 0 Å². The van der Waals surface area contributed by atoms with Crippen LogP contribution in [0.15, 0.2) is 17.9 Å². The summed E-state index contributed by atoms with van der Waals surface area (Å²) in [6, 6.07) is 0. The van der Waals surface area contributed by atoms with Crippen LogP contribution in [0, 0.1) is 0 Å². The van der Waals surface area contributed by atoms with Gasteiger partial charge in [0.05, 0.1) is 22.9 Å². The van der Waals surface area contributed by atoms with Gasteiger partial charge in [-0.25, -0.2) is 4.68 Å². The highest BCUT2D eigenvalue weighted by Gasteiger charge is 2.14. The highest BCUT2D eigenvalue weighted by molar-refractivity contribution is 7.09. The highest BCUT2D eigenvalue weighted by atomic mass is 32.1. The molecule has 0 spiro atoms. The molecule has 0 unspecified atom stereocenters. The summed E-state index contributed by atoms with van der Waals surface area (Å²) in [4.78, 5) is 5.26. The summed E-state index contributed by atoms with van der Waals surface area (Å²) >= 11 is 1.65. The fourth-order valence-electron chi connectivity index (χ4n) is 1.35. The predicted molar refractivity (Wildman–Crippen MR) is 67.7 cm³/mol. The molecule has 17 heavy (non-hydrogen) atoms. The summed E-state index contributed by atoms with van der Waals surface area (Å²) in [6.45, 7) is 7.88. The Bertz CT molecular complexity index is 454. The number of thiazole rings is 1. The maximum atomic E-state index is 4.14. The van der Waals surface area contributed by atoms with Gasteiger partial charge in [-0.3, -0.25) is 4.98 Å². The zero-order valence-corrected chi connectivity index (χ0v) is 11.2. The van der Waals surface area contributed by atoms with E-state index in [4.69, 9.17) is 0 Å². The molecule has 0 saturated heterocycles. The van der Waals surface area contributed by atoms with Gasteiger partial charge < -0.3 is 5.32 Å². The molecule has 2 aromatic heterocycles. The summed E-state index contributed by atoms with van der Waals surface area (Å²) in [5.74, 6) is 0. The van der Waals surface area contributed by atoms with Crippen LogP contribution < -0.4 is 5.32 Å². The molecule has 0 amide bonds. The van der Waals surface area contributed by atoms with Crippen molar-refractivity contribution in [3.8, 4) is 0 Å². The van der Waals surface area contributed by atoms with E-state index in [1.807, 2.05) is 22.6 Å². The molecule has 1 N–H and O–H groups in total. The standard InChI is InChI=1S/C11H17N5S/c1-11(2,3)16-7-9(14-15-16)4-12-5-10-6-13-8-17-10/h6-8,12H,4-5H2,1-3H3. The molecule has 0 aliphatic carbocycles. The fraction of sp³-hybridized carbons (Fsp3) is 0.545. The average molecular weight is 251 g/mol. The van der Waals surface area contributed by atoms with E-state index in [9.17, 15) is 0 Å². The van der Waals surface area contributed by atoms with Crippen molar-refractivity contribution in [2.45, 2.75) is 39.4 Å². The molecule has 0 fully saturated rings. The van der Waals surface area contributed by atoms with Crippen molar-refractivity contribution in [3.05, 3.63) is 28.5 Å². The zero-order valence-electron chi connectivity index (χ0n) is 10.3. The molecule has 0 aliphatic heterocycles. The van der Waals surface area contributed by atoms with Crippen molar-refractivity contribution in [2.75, 3.05) is 0 Å². The first-order valence-corrected chi connectivity index (χ1v) is 6.43. The van der Waals surface area contributed by atoms with Gasteiger partial charge in [0, 0.05) is 24.2 Å². The first-order chi connectivity index (χ1) is 8.05. The van der Waals surface area contributed by atoms with Crippen LogP contribution >= 0.6 is 11.3 Å². The molecule has 0 atom stereocenters. The summed E-state index contributed by atoms with van der Waals surface area (Å²) < 4.78 is 1.89. The molecule has 0 radical (unpaired) electrons. The minimum absolute atomic E-state index is 0.0110. The monoisotopic (exact) mass is 251 g/mol. The Kier molecular flexibility index (Phi) is 3.54. The van der Waals surface area contributed by atoms with Crippen LogP contribution in [0.25, 0.3) is 0 Å². The number of rotatable bonds is 4. The Morgan fingerprint density at radius 1 is 1.35 bits per heavy atom. The second-order valence-corrected chi connectivity index (χ2v) is 5.87. The molecule has 92 valence electrons. The molecule has 5 nitrogen and oxygen atoms in total. The average Bonchev–Trinajstić information content (AvgIpc) is 2.86. The second kappa shape index (κ2) is 4.93. The second-order valence-electron chi connectivity index (χ2n) is 4.90. The Hall–Kier alpha value is -1.27. The normalized spacial score (nSPS) is 11.9. The number of nitrogens with one attached hydrogen (secondary N) is 1. The SMILES string of the molecule is CC(C)(C)n1cc(CNCc2cncs2)nn1. The van der Waals surface area contributed by atoms with Gasteiger partial charge in [0.1, 0.15) is 0 Å². The van der Waals surface area contributed by atoms with Gasteiger partial charge in [0.25, 0.3) is 0 Å². The third kappa shape index (κ3) is 3.34. The Morgan fingerprint density at radius 3 is 2.76 bits per heavy atom. The predicted octanol–water partition coefficient (Wildman–Crippen LogP) is 1.78. The molecule has 6 heteroatoms. The zero-order chi connectivity index (χ0) is 12.3. The largest absolute Gasteiger partial charge is 0.306 e. The van der Waals surface area contributed by atoms with Gasteiger partial charge in [-0.05, 0) is 20.8 Å². The van der Waals surface area contributed by atoms with E-state index in [0.29, 0.717) is 0 Å². The lowest BCUT2D eigenvalue weighted by atomic mass is 10.1. The Labute approximate surface area is 105 Å². The fourth-order valence-corrected chi connectivity index (χ4v) is 1.91. The van der Waals surface area contributed by atoms with Gasteiger partial charge in [-0.2, -0.15) is 0 Å². The maximum absolute atomic E-state index is 4.14. The number of aromatic nitrogens is 4. The third-order valence-corrected chi connectivity index (χ3v) is 3.10. The topological polar surface area (TPSA) is 55.6 Å². The lowest BCUT2D eigenvalue weighted by Crippen LogP contribution is -2.22. The highest BCUT2D eigenvalue weighted by Crippen LogP contribution is 2.11. The van der Waals surface area contributed by atoms with Crippen molar-refractivity contribution in [1.29, 1.82) is 0 Å². The quantitative estimate of drug-likeness (QED) is 0.900. The molecule has 0 saturated carbocycles. The van der Waals surface area contributed by atoms with Crippen molar-refractivity contribution < 1.29 is 0 Å². The molecular weight excluding hydrogens is 234 g/mol. The van der Waals surface area contributed by atoms with Crippen LogP contribution in [0.3, 0.4) is 0 Å². The number of hydrogen-bond acceptors (Lipinski definition) is 5. The first-order valence-electron chi connectivity index (χ1n) is 5.55. The van der Waals surface area contributed by atoms with Gasteiger partial charge in [-0.15, -0.1) is 16.4 Å². The van der Waals surface area contributed by atoms with Crippen LogP contribution in [0.5, 0.6) is 0 Å². The molecule has 2 heterocycles. The third-order valence-electron chi connectivity index (χ3n) is 2.32. The molecule has 2 aromatic rings. The lowest BCUT2D eigenvalue weighted by molar-refractivity contribution is 0.347. The van der Waals surface area contributed by atoms with E-state index in [0.717, 1.165) is 18.8 Å². The minimum Gasteiger partial charge on any atom is -0.306 e. The van der Waals surface area contributed by atoms with Gasteiger partial charge in [0.2, 0.25) is 0 Å². The van der Waals surface area contributed by atoms with Gasteiger partial charge >= 0.3 is 0 Å². The van der Waals surface area contributed by atoms with E-state index in [2.05, 4.69) is 41.4 Å². The van der Waals surface area contributed by atoms with E-state index >= 15 is 0 Å². The first kappa shape index (κ1) is 12.2. The number of hydrogen-bond donors (Lipinski definition) is 1. The Balaban J connectivity index is 1.85. The van der Waals surface area contributed by atoms with Crippen LogP contribution in [0.1, 0.15) is 31.3 Å². The van der Waals surface area contributed by atoms with Crippen molar-refractivity contribution in [2.24, 2.45) is 0 Å². The van der Waals surface area contributed by atoms with Crippen LogP contribution in [-0.4, -0.2) is 20.0 Å². The summed E-state index contributed by atoms with van der Waals surface area (Å²) in [7, 11) is 0. The van der Waals surface area contributed by atoms with Crippen LogP contribution in [0.2, 0.25) is 0 Å². The molecule has 2 rings (SSSR count). The maximum Gasteiger partial charge on any atom is 0.0965 e. The molecule has 0 aliphatic rings. The molecular formula is C11H17N5S. The van der Waals surface area contributed by atoms with Gasteiger partial charge in [0.15, 0.2) is 0 Å². The van der Waals surface area contributed by atoms with Crippen molar-refractivity contribution in [1.82, 2.24) is 25.3 Å². The van der Waals surface area contributed by atoms with Crippen molar-refractivity contribution >= 4 is 11.3 Å². The summed E-state index contributed by atoms with van der Waals surface area (Å²) in [5.41, 5.74) is 2.79. The lowest BCUT2D eigenvalue weighted by Gasteiger charge is -2.17. The van der Waals surface area contributed by atoms with Gasteiger partial charge in [-0.1, -0.05) is 5.21 Å². The summed E-state index contributed by atoms with van der Waals surface area (Å²) in [6.07, 6.45) is 3.86. The Morgan fingerprint density at radius 2 is 2.18 bits per heavy atom. The summed E-state index contributed by atoms with van der Waals surface area (Å²) in [5, 5.41) is 11.6. The van der Waals surface area contributed by atoms with Crippen molar-refractivity contribution in [3.63, 3.8) is 0 Å². The van der Waals surface area contributed by atoms with E-state index in [1.165, 1.54) is 4.88 Å². The minimum atomic E-state index is -0.0110. The van der Waals surface area contributed by atoms with E-state index in [1.54, 1.807) is 11.3 Å². The molecule has 0 bridgehead atoms. The smallest absolute Gasteiger partial charge is 0.0965 e. The van der Waals surface area contributed by atoms with Crippen LogP contribution in [-0.2, 0) is 18.6 Å². The molecule has 0 aromatic carbocycles. The van der Waals surface area contributed by atoms with E-state index < -0.39 is 0 Å². The van der Waals surface area contributed by atoms with E-state index in [-0.39, 0.29) is 5.54 Å².